The summed E-state index contributed by atoms with van der Waals surface area (Å²) in [6, 6.07) is 5.54. The van der Waals surface area contributed by atoms with Gasteiger partial charge in [-0.1, -0.05) is 12.1 Å². The Morgan fingerprint density at radius 2 is 2.06 bits per heavy atom. The van der Waals surface area contributed by atoms with Gasteiger partial charge in [-0.2, -0.15) is 0 Å². The smallest absolute Gasteiger partial charge is 0.246 e. The molecule has 1 aromatic carbocycles. The second kappa shape index (κ2) is 7.55. The molecule has 0 saturated heterocycles. The quantitative estimate of drug-likeness (QED) is 0.797. The molecule has 0 bridgehead atoms. The minimum Gasteiger partial charge on any atom is -0.493 e. The van der Waals surface area contributed by atoms with Crippen molar-refractivity contribution < 1.29 is 19.0 Å². The minimum atomic E-state index is -0.151. The van der Waals surface area contributed by atoms with Crippen LogP contribution in [-0.4, -0.2) is 33.3 Å². The summed E-state index contributed by atoms with van der Waals surface area (Å²) in [6.07, 6.45) is 0. The molecule has 5 heteroatoms. The molecule has 0 saturated carbocycles. The minimum absolute atomic E-state index is 0.0722. The van der Waals surface area contributed by atoms with Crippen molar-refractivity contribution in [3.63, 3.8) is 0 Å². The highest BCUT2D eigenvalue weighted by molar-refractivity contribution is 5.77. The van der Waals surface area contributed by atoms with Gasteiger partial charge in [-0.25, -0.2) is 0 Å². The summed E-state index contributed by atoms with van der Waals surface area (Å²) in [5, 5.41) is 2.76. The van der Waals surface area contributed by atoms with Crippen LogP contribution in [-0.2, 0) is 16.1 Å². The maximum absolute atomic E-state index is 11.4. The van der Waals surface area contributed by atoms with E-state index in [1.54, 1.807) is 14.2 Å². The number of nitrogens with one attached hydrogen (secondary N) is 1. The number of ether oxygens (including phenoxy) is 3. The molecule has 1 N–H and O–H groups in total. The average Bonchev–Trinajstić information content (AvgIpc) is 2.41. The summed E-state index contributed by atoms with van der Waals surface area (Å²) in [4.78, 5) is 11.4. The Kier molecular flexibility index (Phi) is 6.00. The second-order valence-electron chi connectivity index (χ2n) is 3.57. The molecule has 0 spiro atoms. The molecule has 1 rings (SSSR count). The second-order valence-corrected chi connectivity index (χ2v) is 3.57. The molecule has 18 heavy (non-hydrogen) atoms. The standard InChI is InChI=1S/C13H19NO4/c1-4-18-9-12(15)14-8-10-6-5-7-11(16-2)13(10)17-3/h5-7H,4,8-9H2,1-3H3,(H,14,15). The molecule has 0 fully saturated rings. The van der Waals surface area contributed by atoms with Gasteiger partial charge in [0.15, 0.2) is 11.5 Å². The topological polar surface area (TPSA) is 56.8 Å². The first-order valence-corrected chi connectivity index (χ1v) is 5.77. The maximum atomic E-state index is 11.4. The summed E-state index contributed by atoms with van der Waals surface area (Å²) < 4.78 is 15.5. The van der Waals surface area contributed by atoms with Crippen molar-refractivity contribution in [1.29, 1.82) is 0 Å². The van der Waals surface area contributed by atoms with Gasteiger partial charge >= 0.3 is 0 Å². The Bertz CT molecular complexity index is 393. The lowest BCUT2D eigenvalue weighted by atomic mass is 10.2. The third-order valence-corrected chi connectivity index (χ3v) is 2.40. The van der Waals surface area contributed by atoms with Crippen molar-refractivity contribution in [2.24, 2.45) is 0 Å². The molecule has 0 heterocycles. The Balaban J connectivity index is 2.64. The van der Waals surface area contributed by atoms with E-state index in [0.29, 0.717) is 24.7 Å². The van der Waals surface area contributed by atoms with Crippen LogP contribution < -0.4 is 14.8 Å². The van der Waals surface area contributed by atoms with E-state index in [9.17, 15) is 4.79 Å². The number of methoxy groups -OCH3 is 2. The lowest BCUT2D eigenvalue weighted by Crippen LogP contribution is -2.27. The average molecular weight is 253 g/mol. The lowest BCUT2D eigenvalue weighted by Gasteiger charge is -2.13. The zero-order valence-corrected chi connectivity index (χ0v) is 11.0. The molecule has 0 aromatic heterocycles. The van der Waals surface area contributed by atoms with E-state index in [2.05, 4.69) is 5.32 Å². The molecule has 1 amide bonds. The first-order chi connectivity index (χ1) is 8.72. The van der Waals surface area contributed by atoms with Gasteiger partial charge < -0.3 is 19.5 Å². The molecule has 0 aliphatic rings. The Morgan fingerprint density at radius 3 is 2.67 bits per heavy atom. The number of hydrogen-bond acceptors (Lipinski definition) is 4. The molecule has 0 unspecified atom stereocenters. The van der Waals surface area contributed by atoms with Crippen LogP contribution in [0.25, 0.3) is 0 Å². The molecule has 0 atom stereocenters. The van der Waals surface area contributed by atoms with E-state index < -0.39 is 0 Å². The fraction of sp³-hybridized carbons (Fsp3) is 0.462. The molecule has 1 aromatic rings. The number of carbonyl (C=O) groups excluding carboxylic acids is 1. The fourth-order valence-corrected chi connectivity index (χ4v) is 1.53. The summed E-state index contributed by atoms with van der Waals surface area (Å²) in [6.45, 7) is 2.82. The predicted octanol–water partition coefficient (Wildman–Crippen LogP) is 1.36. The normalized spacial score (nSPS) is 9.94. The number of benzene rings is 1. The number of carbonyl (C=O) groups is 1. The monoisotopic (exact) mass is 253 g/mol. The number of para-hydroxylation sites is 1. The van der Waals surface area contributed by atoms with E-state index in [1.807, 2.05) is 25.1 Å². The summed E-state index contributed by atoms with van der Waals surface area (Å²) in [7, 11) is 3.15. The molecule has 0 aliphatic carbocycles. The molecule has 5 nitrogen and oxygen atoms in total. The van der Waals surface area contributed by atoms with Crippen LogP contribution >= 0.6 is 0 Å². The van der Waals surface area contributed by atoms with Gasteiger partial charge in [-0.15, -0.1) is 0 Å². The first-order valence-electron chi connectivity index (χ1n) is 5.77. The number of rotatable bonds is 7. The highest BCUT2D eigenvalue weighted by atomic mass is 16.5. The van der Waals surface area contributed by atoms with Crippen LogP contribution in [0.2, 0.25) is 0 Å². The molecular weight excluding hydrogens is 234 g/mol. The molecule has 100 valence electrons. The van der Waals surface area contributed by atoms with E-state index in [-0.39, 0.29) is 12.5 Å². The Morgan fingerprint density at radius 1 is 1.28 bits per heavy atom. The zero-order chi connectivity index (χ0) is 13.4. The Hall–Kier alpha value is -1.75. The maximum Gasteiger partial charge on any atom is 0.246 e. The van der Waals surface area contributed by atoms with Gasteiger partial charge in [0.25, 0.3) is 0 Å². The largest absolute Gasteiger partial charge is 0.493 e. The van der Waals surface area contributed by atoms with Crippen LogP contribution in [0.1, 0.15) is 12.5 Å². The molecular formula is C13H19NO4. The van der Waals surface area contributed by atoms with Crippen LogP contribution in [0.4, 0.5) is 0 Å². The van der Waals surface area contributed by atoms with Gasteiger partial charge in [-0.05, 0) is 13.0 Å². The van der Waals surface area contributed by atoms with Crippen LogP contribution in [0.5, 0.6) is 11.5 Å². The van der Waals surface area contributed by atoms with Gasteiger partial charge in [0, 0.05) is 18.7 Å². The van der Waals surface area contributed by atoms with Crippen molar-refractivity contribution in [3.8, 4) is 11.5 Å². The van der Waals surface area contributed by atoms with Gasteiger partial charge in [0.1, 0.15) is 6.61 Å². The highest BCUT2D eigenvalue weighted by Crippen LogP contribution is 2.30. The molecule has 0 aliphatic heterocycles. The lowest BCUT2D eigenvalue weighted by molar-refractivity contribution is -0.125. The highest BCUT2D eigenvalue weighted by Gasteiger charge is 2.10. The summed E-state index contributed by atoms with van der Waals surface area (Å²) in [5.74, 6) is 1.13. The van der Waals surface area contributed by atoms with Crippen molar-refractivity contribution in [1.82, 2.24) is 5.32 Å². The predicted molar refractivity (Wildman–Crippen MR) is 67.9 cm³/mol. The third kappa shape index (κ3) is 3.92. The van der Waals surface area contributed by atoms with E-state index in [0.717, 1.165) is 5.56 Å². The SMILES string of the molecule is CCOCC(=O)NCc1cccc(OC)c1OC. The fourth-order valence-electron chi connectivity index (χ4n) is 1.53. The zero-order valence-electron chi connectivity index (χ0n) is 11.0. The van der Waals surface area contributed by atoms with E-state index >= 15 is 0 Å². The van der Waals surface area contributed by atoms with E-state index in [1.165, 1.54) is 0 Å². The van der Waals surface area contributed by atoms with Crippen molar-refractivity contribution in [2.45, 2.75) is 13.5 Å². The van der Waals surface area contributed by atoms with Crippen LogP contribution in [0.15, 0.2) is 18.2 Å². The molecule has 0 radical (unpaired) electrons. The summed E-state index contributed by atoms with van der Waals surface area (Å²) in [5.41, 5.74) is 0.863. The van der Waals surface area contributed by atoms with Crippen LogP contribution in [0.3, 0.4) is 0 Å². The first kappa shape index (κ1) is 14.3. The number of amides is 1. The van der Waals surface area contributed by atoms with Gasteiger partial charge in [0.05, 0.1) is 14.2 Å². The van der Waals surface area contributed by atoms with E-state index in [4.69, 9.17) is 14.2 Å². The van der Waals surface area contributed by atoms with Gasteiger partial charge in [-0.3, -0.25) is 4.79 Å². The van der Waals surface area contributed by atoms with Gasteiger partial charge in [0.2, 0.25) is 5.91 Å². The number of hydrogen-bond donors (Lipinski definition) is 1. The summed E-state index contributed by atoms with van der Waals surface area (Å²) >= 11 is 0. The van der Waals surface area contributed by atoms with Crippen molar-refractivity contribution in [2.75, 3.05) is 27.4 Å². The van der Waals surface area contributed by atoms with Crippen LogP contribution in [0, 0.1) is 0 Å². The van der Waals surface area contributed by atoms with Crippen molar-refractivity contribution >= 4 is 5.91 Å². The Labute approximate surface area is 107 Å². The van der Waals surface area contributed by atoms with Crippen molar-refractivity contribution in [3.05, 3.63) is 23.8 Å². The third-order valence-electron chi connectivity index (χ3n) is 2.40.